The molecule has 0 aliphatic heterocycles. The molecule has 2 rings (SSSR count). The molecule has 0 radical (unpaired) electrons. The van der Waals surface area contributed by atoms with Crippen LogP contribution in [0, 0.1) is 0 Å². The molecule has 0 aliphatic carbocycles. The lowest BCUT2D eigenvalue weighted by molar-refractivity contribution is 0.104. The Labute approximate surface area is 159 Å². The Kier molecular flexibility index (Phi) is 7.90. The highest BCUT2D eigenvalue weighted by Crippen LogP contribution is 2.14. The van der Waals surface area contributed by atoms with Crippen LogP contribution in [0.1, 0.15) is 37.6 Å². The average molecular weight is 377 g/mol. The van der Waals surface area contributed by atoms with Gasteiger partial charge in [0.2, 0.25) is 0 Å². The van der Waals surface area contributed by atoms with Crippen molar-refractivity contribution in [2.75, 3.05) is 13.7 Å². The number of aromatic nitrogens is 1. The predicted molar refractivity (Wildman–Crippen MR) is 105 cm³/mol. The third-order valence-corrected chi connectivity index (χ3v) is 5.34. The molecule has 0 spiro atoms. The van der Waals surface area contributed by atoms with E-state index in [0.29, 0.717) is 19.8 Å². The van der Waals surface area contributed by atoms with E-state index in [0.717, 1.165) is 29.0 Å². The lowest BCUT2D eigenvalue weighted by Crippen LogP contribution is -2.40. The molecule has 1 aromatic heterocycles. The van der Waals surface area contributed by atoms with E-state index in [1.807, 2.05) is 57.2 Å². The zero-order valence-corrected chi connectivity index (χ0v) is 16.8. The molecule has 142 valence electrons. The Bertz CT molecular complexity index is 672. The first kappa shape index (κ1) is 20.7. The SMILES string of the molecule is COc1ccc(COCc2cc(CCN[S+]([O-])C(C)(C)C)ccn2)cc1. The first-order chi connectivity index (χ1) is 12.4. The van der Waals surface area contributed by atoms with Crippen LogP contribution in [0.25, 0.3) is 0 Å². The van der Waals surface area contributed by atoms with Gasteiger partial charge >= 0.3 is 0 Å². The van der Waals surface area contributed by atoms with Gasteiger partial charge in [0.15, 0.2) is 0 Å². The highest BCUT2D eigenvalue weighted by molar-refractivity contribution is 7.90. The predicted octanol–water partition coefficient (Wildman–Crippen LogP) is 3.40. The van der Waals surface area contributed by atoms with Gasteiger partial charge in [-0.15, -0.1) is 4.72 Å². The minimum absolute atomic E-state index is 0.251. The van der Waals surface area contributed by atoms with E-state index in [4.69, 9.17) is 9.47 Å². The molecular weight excluding hydrogens is 348 g/mol. The molecule has 0 saturated carbocycles. The summed E-state index contributed by atoms with van der Waals surface area (Å²) < 4.78 is 25.7. The summed E-state index contributed by atoms with van der Waals surface area (Å²) in [6, 6.07) is 11.8. The van der Waals surface area contributed by atoms with E-state index in [-0.39, 0.29) is 4.75 Å². The maximum atomic E-state index is 12.0. The van der Waals surface area contributed by atoms with Gasteiger partial charge < -0.3 is 14.0 Å². The maximum Gasteiger partial charge on any atom is 0.136 e. The van der Waals surface area contributed by atoms with Crippen LogP contribution in [-0.2, 0) is 35.7 Å². The van der Waals surface area contributed by atoms with Gasteiger partial charge in [-0.25, -0.2) is 0 Å². The van der Waals surface area contributed by atoms with Crippen molar-refractivity contribution in [3.63, 3.8) is 0 Å². The standard InChI is InChI=1S/C20H28N2O3S/c1-20(2,3)26(23)22-12-10-16-9-11-21-18(13-16)15-25-14-17-5-7-19(24-4)8-6-17/h5-9,11,13,22H,10,12,14-15H2,1-4H3. The third kappa shape index (κ3) is 6.96. The maximum absolute atomic E-state index is 12.0. The van der Waals surface area contributed by atoms with Crippen molar-refractivity contribution < 1.29 is 14.0 Å². The second kappa shape index (κ2) is 9.92. The van der Waals surface area contributed by atoms with E-state index in [1.165, 1.54) is 0 Å². The highest BCUT2D eigenvalue weighted by Gasteiger charge is 2.25. The molecule has 0 aliphatic rings. The fourth-order valence-corrected chi connectivity index (χ4v) is 2.98. The van der Waals surface area contributed by atoms with Gasteiger partial charge in [-0.3, -0.25) is 4.98 Å². The molecular formula is C20H28N2O3S. The molecule has 1 aromatic carbocycles. The van der Waals surface area contributed by atoms with Crippen molar-refractivity contribution in [2.45, 2.75) is 45.2 Å². The molecule has 26 heavy (non-hydrogen) atoms. The lowest BCUT2D eigenvalue weighted by atomic mass is 10.2. The molecule has 0 bridgehead atoms. The number of nitrogens with zero attached hydrogens (tertiary/aromatic N) is 1. The molecule has 6 heteroatoms. The smallest absolute Gasteiger partial charge is 0.136 e. The molecule has 1 atom stereocenters. The zero-order valence-electron chi connectivity index (χ0n) is 16.0. The van der Waals surface area contributed by atoms with Crippen LogP contribution in [0.3, 0.4) is 0 Å². The molecule has 2 aromatic rings. The van der Waals surface area contributed by atoms with E-state index >= 15 is 0 Å². The van der Waals surface area contributed by atoms with Gasteiger partial charge in [-0.2, -0.15) is 0 Å². The number of pyridine rings is 1. The summed E-state index contributed by atoms with van der Waals surface area (Å²) in [6.45, 7) is 7.53. The van der Waals surface area contributed by atoms with Crippen molar-refractivity contribution in [2.24, 2.45) is 0 Å². The van der Waals surface area contributed by atoms with Gasteiger partial charge in [0.25, 0.3) is 0 Å². The van der Waals surface area contributed by atoms with E-state index in [2.05, 4.69) is 9.71 Å². The summed E-state index contributed by atoms with van der Waals surface area (Å²) in [5.41, 5.74) is 3.14. The van der Waals surface area contributed by atoms with Gasteiger partial charge in [-0.1, -0.05) is 12.1 Å². The average Bonchev–Trinajstić information content (AvgIpc) is 2.62. The summed E-state index contributed by atoms with van der Waals surface area (Å²) >= 11 is -1.04. The third-order valence-electron chi connectivity index (χ3n) is 3.76. The van der Waals surface area contributed by atoms with Crippen molar-refractivity contribution in [3.05, 3.63) is 59.4 Å². The van der Waals surface area contributed by atoms with Gasteiger partial charge in [0.05, 0.1) is 26.0 Å². The molecule has 0 amide bonds. The monoisotopic (exact) mass is 376 g/mol. The van der Waals surface area contributed by atoms with Gasteiger partial charge in [-0.05, 0) is 62.6 Å². The van der Waals surface area contributed by atoms with Crippen molar-refractivity contribution in [1.29, 1.82) is 0 Å². The topological polar surface area (TPSA) is 66.4 Å². The van der Waals surface area contributed by atoms with E-state index in [1.54, 1.807) is 13.3 Å². The molecule has 1 heterocycles. The minimum atomic E-state index is -1.04. The summed E-state index contributed by atoms with van der Waals surface area (Å²) in [5, 5.41) is 0. The van der Waals surface area contributed by atoms with E-state index in [9.17, 15) is 4.55 Å². The first-order valence-electron chi connectivity index (χ1n) is 8.68. The van der Waals surface area contributed by atoms with Crippen molar-refractivity contribution in [1.82, 2.24) is 9.71 Å². The zero-order chi connectivity index (χ0) is 19.0. The molecule has 1 unspecified atom stereocenters. The number of ether oxygens (including phenoxy) is 2. The number of benzene rings is 1. The van der Waals surface area contributed by atoms with E-state index < -0.39 is 11.4 Å². The highest BCUT2D eigenvalue weighted by atomic mass is 32.2. The lowest BCUT2D eigenvalue weighted by Gasteiger charge is -2.23. The minimum Gasteiger partial charge on any atom is -0.598 e. The van der Waals surface area contributed by atoms with Gasteiger partial charge in [0.1, 0.15) is 10.5 Å². The second-order valence-electron chi connectivity index (χ2n) is 7.02. The Morgan fingerprint density at radius 2 is 1.81 bits per heavy atom. The van der Waals surface area contributed by atoms with Crippen LogP contribution in [0.2, 0.25) is 0 Å². The Balaban J connectivity index is 1.77. The van der Waals surface area contributed by atoms with Crippen molar-refractivity contribution >= 4 is 11.4 Å². The summed E-state index contributed by atoms with van der Waals surface area (Å²) in [4.78, 5) is 4.36. The number of rotatable bonds is 9. The Morgan fingerprint density at radius 1 is 1.08 bits per heavy atom. The second-order valence-corrected chi connectivity index (χ2v) is 9.07. The Morgan fingerprint density at radius 3 is 2.46 bits per heavy atom. The van der Waals surface area contributed by atoms with Crippen LogP contribution < -0.4 is 9.46 Å². The number of methoxy groups -OCH3 is 1. The molecule has 5 nitrogen and oxygen atoms in total. The largest absolute Gasteiger partial charge is 0.598 e. The molecule has 1 N–H and O–H groups in total. The van der Waals surface area contributed by atoms with Crippen LogP contribution in [0.15, 0.2) is 42.6 Å². The fraction of sp³-hybridized carbons (Fsp3) is 0.450. The quantitative estimate of drug-likeness (QED) is 0.680. The number of hydrogen-bond acceptors (Lipinski definition) is 5. The van der Waals surface area contributed by atoms with Crippen LogP contribution in [-0.4, -0.2) is 27.9 Å². The Hall–Kier alpha value is -1.60. The molecule has 0 saturated heterocycles. The molecule has 0 fully saturated rings. The first-order valence-corrected chi connectivity index (χ1v) is 9.83. The van der Waals surface area contributed by atoms with Crippen molar-refractivity contribution in [3.8, 4) is 5.75 Å². The van der Waals surface area contributed by atoms with Crippen LogP contribution >= 0.6 is 0 Å². The van der Waals surface area contributed by atoms with Gasteiger partial charge in [0, 0.05) is 24.1 Å². The fourth-order valence-electron chi connectivity index (χ4n) is 2.26. The summed E-state index contributed by atoms with van der Waals surface area (Å²) in [6.07, 6.45) is 2.60. The summed E-state index contributed by atoms with van der Waals surface area (Å²) in [7, 11) is 1.65. The van der Waals surface area contributed by atoms with Crippen LogP contribution in [0.4, 0.5) is 0 Å². The number of hydrogen-bond donors (Lipinski definition) is 1. The normalized spacial score (nSPS) is 12.8. The summed E-state index contributed by atoms with van der Waals surface area (Å²) in [5.74, 6) is 0.837. The van der Waals surface area contributed by atoms with Crippen LogP contribution in [0.5, 0.6) is 5.75 Å². The number of nitrogens with one attached hydrogen (secondary N) is 1.